The summed E-state index contributed by atoms with van der Waals surface area (Å²) in [5.74, 6) is -0.282. The minimum absolute atomic E-state index is 0.0943. The van der Waals surface area contributed by atoms with Crippen molar-refractivity contribution >= 4 is 17.2 Å². The Hall–Kier alpha value is -1.79. The van der Waals surface area contributed by atoms with Crippen LogP contribution in [0.2, 0.25) is 0 Å². The Bertz CT molecular complexity index is 527. The molecule has 2 heterocycles. The lowest BCUT2D eigenvalue weighted by atomic mass is 10.3. The molecule has 2 aromatic rings. The summed E-state index contributed by atoms with van der Waals surface area (Å²) in [6, 6.07) is 5.26. The van der Waals surface area contributed by atoms with Gasteiger partial charge in [-0.05, 0) is 19.1 Å². The van der Waals surface area contributed by atoms with Crippen molar-refractivity contribution in [1.82, 2.24) is 15.3 Å². The van der Waals surface area contributed by atoms with E-state index >= 15 is 0 Å². The van der Waals surface area contributed by atoms with Gasteiger partial charge in [-0.1, -0.05) is 6.07 Å². The minimum atomic E-state index is -0.282. The van der Waals surface area contributed by atoms with Gasteiger partial charge in [-0.2, -0.15) is 0 Å². The molecule has 1 amide bonds. The number of thiazole rings is 1. The Kier molecular flexibility index (Phi) is 4.01. The van der Waals surface area contributed by atoms with E-state index in [0.717, 1.165) is 5.69 Å². The number of hydrogen-bond donors (Lipinski definition) is 2. The lowest BCUT2D eigenvalue weighted by molar-refractivity contribution is 0.0918. The number of aliphatic hydroxyl groups excluding tert-OH is 1. The molecule has 2 aromatic heterocycles. The van der Waals surface area contributed by atoms with Gasteiger partial charge in [0.25, 0.3) is 5.91 Å². The number of carbonyl (C=O) groups excluding carboxylic acids is 1. The van der Waals surface area contributed by atoms with Crippen LogP contribution in [0, 0.1) is 0 Å². The number of aliphatic hydroxyl groups is 1. The van der Waals surface area contributed by atoms with Gasteiger partial charge in [0.05, 0.1) is 12.3 Å². The van der Waals surface area contributed by atoms with Crippen molar-refractivity contribution in [2.45, 2.75) is 13.0 Å². The van der Waals surface area contributed by atoms with Crippen molar-refractivity contribution in [3.63, 3.8) is 0 Å². The number of aromatic nitrogens is 2. The molecule has 0 aromatic carbocycles. The standard InChI is InChI=1S/C12H13N3O2S/c1-8(6-16)14-11(17)10-7-18-12(15-10)9-4-2-3-5-13-9/h2-5,7-8,16H,6H2,1H3,(H,14,17)/t8-/m0/s1. The van der Waals surface area contributed by atoms with E-state index in [2.05, 4.69) is 15.3 Å². The molecule has 0 saturated heterocycles. The molecule has 0 aliphatic rings. The van der Waals surface area contributed by atoms with Crippen LogP contribution in [0.15, 0.2) is 29.8 Å². The molecule has 0 saturated carbocycles. The van der Waals surface area contributed by atoms with Crippen molar-refractivity contribution in [2.24, 2.45) is 0 Å². The first-order chi connectivity index (χ1) is 8.70. The van der Waals surface area contributed by atoms with Crippen molar-refractivity contribution in [3.8, 4) is 10.7 Å². The first-order valence-electron chi connectivity index (χ1n) is 5.49. The van der Waals surface area contributed by atoms with E-state index in [1.54, 1.807) is 18.5 Å². The SMILES string of the molecule is C[C@@H](CO)NC(=O)c1csc(-c2ccccn2)n1. The van der Waals surface area contributed by atoms with Crippen molar-refractivity contribution in [3.05, 3.63) is 35.5 Å². The lowest BCUT2D eigenvalue weighted by Gasteiger charge is -2.08. The maximum atomic E-state index is 11.8. The molecule has 0 bridgehead atoms. The van der Waals surface area contributed by atoms with Crippen LogP contribution in [0.3, 0.4) is 0 Å². The number of hydrogen-bond acceptors (Lipinski definition) is 5. The van der Waals surface area contributed by atoms with Crippen LogP contribution < -0.4 is 5.32 Å². The molecule has 0 radical (unpaired) electrons. The second kappa shape index (κ2) is 5.70. The number of pyridine rings is 1. The quantitative estimate of drug-likeness (QED) is 0.872. The molecule has 5 nitrogen and oxygen atoms in total. The fourth-order valence-corrected chi connectivity index (χ4v) is 2.10. The third-order valence-electron chi connectivity index (χ3n) is 2.27. The van der Waals surface area contributed by atoms with E-state index in [9.17, 15) is 4.79 Å². The maximum Gasteiger partial charge on any atom is 0.271 e. The number of amides is 1. The topological polar surface area (TPSA) is 75.1 Å². The number of nitrogens with one attached hydrogen (secondary N) is 1. The normalized spacial score (nSPS) is 12.1. The molecule has 2 rings (SSSR count). The Morgan fingerprint density at radius 3 is 3.06 bits per heavy atom. The third kappa shape index (κ3) is 2.91. The smallest absolute Gasteiger partial charge is 0.271 e. The molecule has 94 valence electrons. The highest BCUT2D eigenvalue weighted by Gasteiger charge is 2.13. The van der Waals surface area contributed by atoms with Crippen molar-refractivity contribution in [2.75, 3.05) is 6.61 Å². The summed E-state index contributed by atoms with van der Waals surface area (Å²) in [5.41, 5.74) is 1.10. The van der Waals surface area contributed by atoms with Crippen LogP contribution in [0.5, 0.6) is 0 Å². The number of nitrogens with zero attached hydrogens (tertiary/aromatic N) is 2. The van der Waals surface area contributed by atoms with E-state index in [-0.39, 0.29) is 18.6 Å². The molecule has 18 heavy (non-hydrogen) atoms. The summed E-state index contributed by atoms with van der Waals surface area (Å²) in [6.07, 6.45) is 1.68. The van der Waals surface area contributed by atoms with Crippen LogP contribution in [0.25, 0.3) is 10.7 Å². The van der Waals surface area contributed by atoms with Gasteiger partial charge in [-0.3, -0.25) is 9.78 Å². The Morgan fingerprint density at radius 1 is 1.56 bits per heavy atom. The van der Waals surface area contributed by atoms with E-state index in [1.807, 2.05) is 18.2 Å². The van der Waals surface area contributed by atoms with Gasteiger partial charge in [0.15, 0.2) is 0 Å². The van der Waals surface area contributed by atoms with Gasteiger partial charge in [-0.25, -0.2) is 4.98 Å². The second-order valence-electron chi connectivity index (χ2n) is 3.81. The average Bonchev–Trinajstić information content (AvgIpc) is 2.89. The van der Waals surface area contributed by atoms with E-state index in [1.165, 1.54) is 11.3 Å². The molecule has 0 spiro atoms. The lowest BCUT2D eigenvalue weighted by Crippen LogP contribution is -2.35. The van der Waals surface area contributed by atoms with Gasteiger partial charge in [-0.15, -0.1) is 11.3 Å². The first kappa shape index (κ1) is 12.7. The summed E-state index contributed by atoms with van der Waals surface area (Å²) in [7, 11) is 0. The summed E-state index contributed by atoms with van der Waals surface area (Å²) in [5, 5.41) is 13.9. The monoisotopic (exact) mass is 263 g/mol. The van der Waals surface area contributed by atoms with Gasteiger partial charge < -0.3 is 10.4 Å². The van der Waals surface area contributed by atoms with E-state index in [4.69, 9.17) is 5.11 Å². The summed E-state index contributed by atoms with van der Waals surface area (Å²) in [4.78, 5) is 20.2. The molecule has 0 unspecified atom stereocenters. The second-order valence-corrected chi connectivity index (χ2v) is 4.67. The van der Waals surface area contributed by atoms with Crippen molar-refractivity contribution < 1.29 is 9.90 Å². The first-order valence-corrected chi connectivity index (χ1v) is 6.37. The highest BCUT2D eigenvalue weighted by molar-refractivity contribution is 7.13. The summed E-state index contributed by atoms with van der Waals surface area (Å²) >= 11 is 1.37. The molecule has 2 N–H and O–H groups in total. The highest BCUT2D eigenvalue weighted by atomic mass is 32.1. The molecule has 1 atom stereocenters. The minimum Gasteiger partial charge on any atom is -0.394 e. The average molecular weight is 263 g/mol. The molecule has 0 aliphatic heterocycles. The molecular formula is C12H13N3O2S. The zero-order valence-corrected chi connectivity index (χ0v) is 10.6. The fourth-order valence-electron chi connectivity index (χ4n) is 1.33. The third-order valence-corrected chi connectivity index (χ3v) is 3.14. The van der Waals surface area contributed by atoms with E-state index in [0.29, 0.717) is 10.7 Å². The van der Waals surface area contributed by atoms with Gasteiger partial charge in [0.1, 0.15) is 10.7 Å². The zero-order chi connectivity index (χ0) is 13.0. The Balaban J connectivity index is 2.13. The van der Waals surface area contributed by atoms with Crippen LogP contribution in [0.1, 0.15) is 17.4 Å². The van der Waals surface area contributed by atoms with Crippen LogP contribution in [-0.4, -0.2) is 33.6 Å². The predicted molar refractivity (Wildman–Crippen MR) is 69.4 cm³/mol. The van der Waals surface area contributed by atoms with Gasteiger partial charge in [0.2, 0.25) is 0 Å². The fraction of sp³-hybridized carbons (Fsp3) is 0.250. The molecule has 6 heteroatoms. The highest BCUT2D eigenvalue weighted by Crippen LogP contribution is 2.21. The Labute approximate surface area is 109 Å². The van der Waals surface area contributed by atoms with Crippen LogP contribution in [-0.2, 0) is 0 Å². The number of rotatable bonds is 4. The van der Waals surface area contributed by atoms with Gasteiger partial charge in [0, 0.05) is 17.6 Å². The van der Waals surface area contributed by atoms with Crippen molar-refractivity contribution in [1.29, 1.82) is 0 Å². The largest absolute Gasteiger partial charge is 0.394 e. The van der Waals surface area contributed by atoms with Gasteiger partial charge >= 0.3 is 0 Å². The van der Waals surface area contributed by atoms with Crippen LogP contribution in [0.4, 0.5) is 0 Å². The summed E-state index contributed by atoms with van der Waals surface area (Å²) in [6.45, 7) is 1.63. The molecular weight excluding hydrogens is 250 g/mol. The molecule has 0 aliphatic carbocycles. The Morgan fingerprint density at radius 2 is 2.39 bits per heavy atom. The predicted octanol–water partition coefficient (Wildman–Crippen LogP) is 1.32. The van der Waals surface area contributed by atoms with E-state index < -0.39 is 0 Å². The zero-order valence-electron chi connectivity index (χ0n) is 9.83. The number of carbonyl (C=O) groups is 1. The summed E-state index contributed by atoms with van der Waals surface area (Å²) < 4.78 is 0. The molecule has 0 fully saturated rings. The maximum absolute atomic E-state index is 11.8. The van der Waals surface area contributed by atoms with Crippen LogP contribution >= 0.6 is 11.3 Å².